The van der Waals surface area contributed by atoms with E-state index in [0.29, 0.717) is 0 Å². The zero-order valence-electron chi connectivity index (χ0n) is 11.9. The molecule has 1 N–H and O–H groups in total. The van der Waals surface area contributed by atoms with Gasteiger partial charge in [-0.15, -0.1) is 0 Å². The molecule has 2 aromatic rings. The largest absolute Gasteiger partial charge is 0.341 e. The number of hydrogen-bond acceptors (Lipinski definition) is 2. The Labute approximate surface area is 119 Å². The van der Waals surface area contributed by atoms with Gasteiger partial charge in [0, 0.05) is 24.0 Å². The predicted octanol–water partition coefficient (Wildman–Crippen LogP) is 3.80. The van der Waals surface area contributed by atoms with E-state index in [4.69, 9.17) is 0 Å². The summed E-state index contributed by atoms with van der Waals surface area (Å²) >= 11 is 0. The topological polar surface area (TPSA) is 15.3 Å². The summed E-state index contributed by atoms with van der Waals surface area (Å²) in [7, 11) is 1.96. The van der Waals surface area contributed by atoms with Crippen molar-refractivity contribution < 1.29 is 4.39 Å². The highest BCUT2D eigenvalue weighted by Gasteiger charge is 2.23. The summed E-state index contributed by atoms with van der Waals surface area (Å²) in [5.74, 6) is -0.171. The van der Waals surface area contributed by atoms with Crippen LogP contribution in [0.3, 0.4) is 0 Å². The Balaban J connectivity index is 2.06. The van der Waals surface area contributed by atoms with E-state index in [-0.39, 0.29) is 11.9 Å². The highest BCUT2D eigenvalue weighted by molar-refractivity contribution is 5.72. The summed E-state index contributed by atoms with van der Waals surface area (Å²) in [6, 6.07) is 13.7. The zero-order valence-corrected chi connectivity index (χ0v) is 11.9. The van der Waals surface area contributed by atoms with Crippen LogP contribution in [0.2, 0.25) is 0 Å². The summed E-state index contributed by atoms with van der Waals surface area (Å²) in [4.78, 5) is 2.22. The number of fused-ring (bicyclic) bond motifs is 1. The molecule has 3 heteroatoms. The summed E-state index contributed by atoms with van der Waals surface area (Å²) < 4.78 is 13.5. The van der Waals surface area contributed by atoms with Crippen LogP contribution in [0, 0.1) is 5.82 Å². The van der Waals surface area contributed by atoms with Crippen LogP contribution in [0.4, 0.5) is 15.8 Å². The number of para-hydroxylation sites is 1. The van der Waals surface area contributed by atoms with Gasteiger partial charge in [-0.1, -0.05) is 24.3 Å². The van der Waals surface area contributed by atoms with Crippen molar-refractivity contribution in [2.45, 2.75) is 19.4 Å². The number of nitrogens with one attached hydrogen (secondary N) is 1. The Morgan fingerprint density at radius 2 is 1.95 bits per heavy atom. The summed E-state index contributed by atoms with van der Waals surface area (Å²) in [6.45, 7) is 3.05. The predicted molar refractivity (Wildman–Crippen MR) is 81.0 cm³/mol. The van der Waals surface area contributed by atoms with Crippen LogP contribution < -0.4 is 10.2 Å². The third-order valence-corrected chi connectivity index (χ3v) is 4.07. The molecule has 0 radical (unpaired) electrons. The van der Waals surface area contributed by atoms with Crippen LogP contribution in [-0.2, 0) is 6.42 Å². The number of nitrogens with zero attached hydrogens (tertiary/aromatic N) is 1. The standard InChI is InChI=1S/C17H19FN2/c1-12(19-2)15-5-3-4-6-16(15)20-10-9-13-7-8-14(18)11-17(13)20/h3-8,11-12,19H,9-10H2,1-2H3. The molecule has 0 saturated heterocycles. The summed E-state index contributed by atoms with van der Waals surface area (Å²) in [5, 5.41) is 3.28. The van der Waals surface area contributed by atoms with E-state index in [1.54, 1.807) is 12.1 Å². The summed E-state index contributed by atoms with van der Waals surface area (Å²) in [5.41, 5.74) is 4.63. The molecule has 1 atom stereocenters. The molecule has 0 aromatic heterocycles. The van der Waals surface area contributed by atoms with Crippen LogP contribution in [0.5, 0.6) is 0 Å². The fourth-order valence-corrected chi connectivity index (χ4v) is 2.86. The van der Waals surface area contributed by atoms with E-state index in [1.165, 1.54) is 16.8 Å². The highest BCUT2D eigenvalue weighted by atomic mass is 19.1. The number of rotatable bonds is 3. The van der Waals surface area contributed by atoms with Crippen molar-refractivity contribution in [3.8, 4) is 0 Å². The van der Waals surface area contributed by atoms with E-state index in [2.05, 4.69) is 35.3 Å². The quantitative estimate of drug-likeness (QED) is 0.912. The Morgan fingerprint density at radius 1 is 1.15 bits per heavy atom. The SMILES string of the molecule is CNC(C)c1ccccc1N1CCc2ccc(F)cc21. The molecular weight excluding hydrogens is 251 g/mol. The van der Waals surface area contributed by atoms with Gasteiger partial charge < -0.3 is 10.2 Å². The van der Waals surface area contributed by atoms with Gasteiger partial charge in [-0.05, 0) is 49.7 Å². The Morgan fingerprint density at radius 3 is 2.75 bits per heavy atom. The first kappa shape index (κ1) is 13.1. The van der Waals surface area contributed by atoms with E-state index in [1.807, 2.05) is 19.2 Å². The minimum Gasteiger partial charge on any atom is -0.341 e. The van der Waals surface area contributed by atoms with E-state index in [9.17, 15) is 4.39 Å². The molecule has 0 amide bonds. The van der Waals surface area contributed by atoms with Crippen molar-refractivity contribution in [1.82, 2.24) is 5.32 Å². The molecule has 1 unspecified atom stereocenters. The second kappa shape index (κ2) is 5.25. The van der Waals surface area contributed by atoms with Gasteiger partial charge in [0.05, 0.1) is 0 Å². The Bertz CT molecular complexity index is 624. The highest BCUT2D eigenvalue weighted by Crippen LogP contribution is 2.38. The first-order valence-electron chi connectivity index (χ1n) is 7.03. The number of benzene rings is 2. The monoisotopic (exact) mass is 270 g/mol. The molecule has 1 aliphatic heterocycles. The maximum atomic E-state index is 13.5. The first-order valence-corrected chi connectivity index (χ1v) is 7.03. The van der Waals surface area contributed by atoms with Gasteiger partial charge >= 0.3 is 0 Å². The van der Waals surface area contributed by atoms with Crippen LogP contribution in [0.15, 0.2) is 42.5 Å². The van der Waals surface area contributed by atoms with E-state index >= 15 is 0 Å². The van der Waals surface area contributed by atoms with Gasteiger partial charge in [0.2, 0.25) is 0 Å². The molecule has 1 aliphatic rings. The maximum Gasteiger partial charge on any atom is 0.125 e. The third kappa shape index (κ3) is 2.18. The minimum atomic E-state index is -0.171. The molecule has 2 nitrogen and oxygen atoms in total. The second-order valence-electron chi connectivity index (χ2n) is 5.24. The van der Waals surface area contributed by atoms with Crippen LogP contribution in [-0.4, -0.2) is 13.6 Å². The van der Waals surface area contributed by atoms with E-state index < -0.39 is 0 Å². The van der Waals surface area contributed by atoms with Crippen molar-refractivity contribution in [3.05, 3.63) is 59.4 Å². The van der Waals surface area contributed by atoms with Gasteiger partial charge in [0.25, 0.3) is 0 Å². The minimum absolute atomic E-state index is 0.171. The van der Waals surface area contributed by atoms with Crippen LogP contribution in [0.1, 0.15) is 24.1 Å². The van der Waals surface area contributed by atoms with Gasteiger partial charge in [0.15, 0.2) is 0 Å². The van der Waals surface area contributed by atoms with Crippen molar-refractivity contribution in [1.29, 1.82) is 0 Å². The number of hydrogen-bond donors (Lipinski definition) is 1. The number of halogens is 1. The molecule has 1 heterocycles. The maximum absolute atomic E-state index is 13.5. The van der Waals surface area contributed by atoms with Crippen molar-refractivity contribution in [2.75, 3.05) is 18.5 Å². The smallest absolute Gasteiger partial charge is 0.125 e. The molecule has 0 spiro atoms. The molecule has 2 aromatic carbocycles. The fourth-order valence-electron chi connectivity index (χ4n) is 2.86. The molecular formula is C17H19FN2. The van der Waals surface area contributed by atoms with Crippen LogP contribution >= 0.6 is 0 Å². The van der Waals surface area contributed by atoms with Gasteiger partial charge in [-0.25, -0.2) is 4.39 Å². The third-order valence-electron chi connectivity index (χ3n) is 4.07. The van der Waals surface area contributed by atoms with Crippen molar-refractivity contribution >= 4 is 11.4 Å². The molecule has 0 fully saturated rings. The van der Waals surface area contributed by atoms with Gasteiger partial charge in [-0.3, -0.25) is 0 Å². The lowest BCUT2D eigenvalue weighted by molar-refractivity contribution is 0.627. The van der Waals surface area contributed by atoms with Crippen molar-refractivity contribution in [2.24, 2.45) is 0 Å². The molecule has 3 rings (SSSR count). The Hall–Kier alpha value is -1.87. The lowest BCUT2D eigenvalue weighted by atomic mass is 10.1. The molecule has 20 heavy (non-hydrogen) atoms. The first-order chi connectivity index (χ1) is 9.70. The lowest BCUT2D eigenvalue weighted by Crippen LogP contribution is -2.20. The van der Waals surface area contributed by atoms with Crippen LogP contribution in [0.25, 0.3) is 0 Å². The van der Waals surface area contributed by atoms with Gasteiger partial charge in [-0.2, -0.15) is 0 Å². The molecule has 104 valence electrons. The fraction of sp³-hybridized carbons (Fsp3) is 0.294. The molecule has 0 aliphatic carbocycles. The number of anilines is 2. The molecule has 0 saturated carbocycles. The summed E-state index contributed by atoms with van der Waals surface area (Å²) in [6.07, 6.45) is 0.970. The average molecular weight is 270 g/mol. The second-order valence-corrected chi connectivity index (χ2v) is 5.24. The zero-order chi connectivity index (χ0) is 14.1. The average Bonchev–Trinajstić information content (AvgIpc) is 2.89. The van der Waals surface area contributed by atoms with E-state index in [0.717, 1.165) is 18.7 Å². The van der Waals surface area contributed by atoms with Gasteiger partial charge in [0.1, 0.15) is 5.82 Å². The Kier molecular flexibility index (Phi) is 3.45. The normalized spacial score (nSPS) is 15.2. The lowest BCUT2D eigenvalue weighted by Gasteiger charge is -2.25. The molecule has 0 bridgehead atoms. The van der Waals surface area contributed by atoms with Crippen molar-refractivity contribution in [3.63, 3.8) is 0 Å².